The molecule has 3 fully saturated rings. The summed E-state index contributed by atoms with van der Waals surface area (Å²) < 4.78 is 39.4. The lowest BCUT2D eigenvalue weighted by molar-refractivity contribution is -0.178. The van der Waals surface area contributed by atoms with Crippen LogP contribution >= 0.6 is 11.6 Å². The summed E-state index contributed by atoms with van der Waals surface area (Å²) in [4.78, 5) is 18.1. The number of pyridine rings is 1. The topological polar surface area (TPSA) is 57.3 Å². The van der Waals surface area contributed by atoms with Gasteiger partial charge in [-0.1, -0.05) is 17.7 Å². The summed E-state index contributed by atoms with van der Waals surface area (Å²) in [5.41, 5.74) is 6.86. The van der Waals surface area contributed by atoms with Gasteiger partial charge in [0, 0.05) is 30.2 Å². The molecule has 9 heteroatoms. The second-order valence-corrected chi connectivity index (χ2v) is 7.75. The molecule has 0 aromatic carbocycles. The molecule has 26 heavy (non-hydrogen) atoms. The Morgan fingerprint density at radius 3 is 2.85 bits per heavy atom. The van der Waals surface area contributed by atoms with Crippen LogP contribution in [0.4, 0.5) is 13.2 Å². The van der Waals surface area contributed by atoms with Gasteiger partial charge in [-0.15, -0.1) is 0 Å². The van der Waals surface area contributed by atoms with Gasteiger partial charge in [-0.2, -0.15) is 13.2 Å². The van der Waals surface area contributed by atoms with Crippen molar-refractivity contribution in [2.45, 2.75) is 43.4 Å². The molecular weight excluding hydrogens is 369 g/mol. The molecule has 1 aromatic heterocycles. The predicted molar refractivity (Wildman–Crippen MR) is 89.3 cm³/mol. The van der Waals surface area contributed by atoms with E-state index in [1.54, 1.807) is 12.1 Å². The van der Waals surface area contributed by atoms with Crippen LogP contribution in [0.2, 0.25) is 5.15 Å². The lowest BCUT2D eigenvalue weighted by Gasteiger charge is -2.50. The molecule has 0 spiro atoms. The summed E-state index contributed by atoms with van der Waals surface area (Å²) in [6, 6.07) is 4.78. The van der Waals surface area contributed by atoms with E-state index in [4.69, 9.17) is 11.6 Å². The molecule has 5 unspecified atom stereocenters. The first-order valence-electron chi connectivity index (χ1n) is 8.81. The van der Waals surface area contributed by atoms with Crippen molar-refractivity contribution >= 4 is 17.5 Å². The minimum atomic E-state index is -4.41. The molecule has 4 rings (SSSR count). The first kappa shape index (κ1) is 18.0. The number of fused-ring (bicyclic) bond motifs is 3. The van der Waals surface area contributed by atoms with Gasteiger partial charge in [0.15, 0.2) is 0 Å². The van der Waals surface area contributed by atoms with Crippen molar-refractivity contribution in [3.05, 3.63) is 29.0 Å². The number of carbonyl (C=O) groups excluding carboxylic acids is 1. The smallest absolute Gasteiger partial charge is 0.330 e. The third kappa shape index (κ3) is 3.30. The number of alkyl halides is 3. The van der Waals surface area contributed by atoms with E-state index in [0.29, 0.717) is 18.1 Å². The number of rotatable bonds is 2. The second kappa shape index (κ2) is 6.65. The molecule has 5 atom stereocenters. The highest BCUT2D eigenvalue weighted by Crippen LogP contribution is 2.45. The normalized spacial score (nSPS) is 34.5. The quantitative estimate of drug-likeness (QED) is 0.764. The summed E-state index contributed by atoms with van der Waals surface area (Å²) in [7, 11) is 0. The van der Waals surface area contributed by atoms with Gasteiger partial charge in [0.1, 0.15) is 11.7 Å². The largest absolute Gasteiger partial charge is 0.406 e. The van der Waals surface area contributed by atoms with E-state index in [9.17, 15) is 18.0 Å². The number of halogens is 4. The van der Waals surface area contributed by atoms with Gasteiger partial charge in [0.2, 0.25) is 5.91 Å². The highest BCUT2D eigenvalue weighted by Gasteiger charge is 2.54. The van der Waals surface area contributed by atoms with E-state index in [0.717, 1.165) is 23.4 Å². The van der Waals surface area contributed by atoms with Gasteiger partial charge in [-0.3, -0.25) is 15.6 Å². The summed E-state index contributed by atoms with van der Waals surface area (Å²) in [6.07, 6.45) is -2.35. The monoisotopic (exact) mass is 388 g/mol. The van der Waals surface area contributed by atoms with Crippen LogP contribution < -0.4 is 10.9 Å². The molecule has 5 nitrogen and oxygen atoms in total. The van der Waals surface area contributed by atoms with Crippen LogP contribution in [0.5, 0.6) is 0 Å². The van der Waals surface area contributed by atoms with Gasteiger partial charge in [-0.25, -0.2) is 4.98 Å². The number of aromatic nitrogens is 1. The fourth-order valence-electron chi connectivity index (χ4n) is 4.79. The molecule has 1 aliphatic carbocycles. The zero-order chi connectivity index (χ0) is 18.5. The summed E-state index contributed by atoms with van der Waals surface area (Å²) in [5.74, 6) is -0.833. The first-order chi connectivity index (χ1) is 12.3. The van der Waals surface area contributed by atoms with E-state index in [1.807, 2.05) is 6.07 Å². The fourth-order valence-corrected chi connectivity index (χ4v) is 4.96. The van der Waals surface area contributed by atoms with Gasteiger partial charge in [0.25, 0.3) is 0 Å². The third-order valence-corrected chi connectivity index (χ3v) is 6.07. The van der Waals surface area contributed by atoms with E-state index in [1.165, 1.54) is 0 Å². The fraction of sp³-hybridized carbons (Fsp3) is 0.647. The molecule has 2 N–H and O–H groups in total. The molecule has 1 aromatic rings. The highest BCUT2D eigenvalue weighted by molar-refractivity contribution is 6.29. The maximum Gasteiger partial charge on any atom is 0.406 e. The number of hydrazine groups is 1. The van der Waals surface area contributed by atoms with Crippen molar-refractivity contribution in [3.63, 3.8) is 0 Å². The third-order valence-electron chi connectivity index (χ3n) is 5.86. The second-order valence-electron chi connectivity index (χ2n) is 7.37. The number of carbonyl (C=O) groups is 1. The Morgan fingerprint density at radius 1 is 1.31 bits per heavy atom. The van der Waals surface area contributed by atoms with Gasteiger partial charge in [-0.05, 0) is 37.3 Å². The first-order valence-corrected chi connectivity index (χ1v) is 9.19. The maximum atomic E-state index is 13.1. The SMILES string of the molecule is O=C1C2CNNC2C2CCC(c3cccc(Cl)n3)CC2N1CC(F)(F)F. The van der Waals surface area contributed by atoms with Crippen LogP contribution in [0.3, 0.4) is 0 Å². The van der Waals surface area contributed by atoms with Crippen molar-refractivity contribution < 1.29 is 18.0 Å². The van der Waals surface area contributed by atoms with E-state index < -0.39 is 30.6 Å². The van der Waals surface area contributed by atoms with Gasteiger partial charge >= 0.3 is 6.18 Å². The van der Waals surface area contributed by atoms with Crippen LogP contribution in [-0.2, 0) is 4.79 Å². The lowest BCUT2D eigenvalue weighted by atomic mass is 9.68. The minimum Gasteiger partial charge on any atom is -0.330 e. The zero-order valence-corrected chi connectivity index (χ0v) is 14.7. The Balaban J connectivity index is 1.62. The molecule has 1 amide bonds. The Kier molecular flexibility index (Phi) is 4.61. The Labute approximate surface area is 154 Å². The van der Waals surface area contributed by atoms with Crippen molar-refractivity contribution in [3.8, 4) is 0 Å². The number of hydrogen-bond acceptors (Lipinski definition) is 4. The van der Waals surface area contributed by atoms with Gasteiger partial charge in [0.05, 0.1) is 5.92 Å². The Bertz CT molecular complexity index is 701. The standard InChI is InChI=1S/C17H20ClF3N4O/c18-14-3-1-2-12(23-14)9-4-5-10-13(6-9)25(8-17(19,20)21)16(26)11-7-22-24-15(10)11/h1-3,9-11,13,15,22,24H,4-8H2. The Hall–Kier alpha value is -1.38. The Morgan fingerprint density at radius 2 is 2.12 bits per heavy atom. The maximum absolute atomic E-state index is 13.1. The molecule has 142 valence electrons. The van der Waals surface area contributed by atoms with Gasteiger partial charge < -0.3 is 4.90 Å². The molecule has 1 saturated carbocycles. The minimum absolute atomic E-state index is 0.00407. The highest BCUT2D eigenvalue weighted by atomic mass is 35.5. The predicted octanol–water partition coefficient (Wildman–Crippen LogP) is 2.48. The van der Waals surface area contributed by atoms with Crippen LogP contribution in [0.15, 0.2) is 18.2 Å². The molecule has 0 bridgehead atoms. The molecule has 3 aliphatic rings. The lowest BCUT2D eigenvalue weighted by Crippen LogP contribution is -2.63. The molecule has 2 saturated heterocycles. The van der Waals surface area contributed by atoms with E-state index >= 15 is 0 Å². The number of hydrogen-bond donors (Lipinski definition) is 2. The molecule has 3 heterocycles. The molecule has 2 aliphatic heterocycles. The summed E-state index contributed by atoms with van der Waals surface area (Å²) >= 11 is 5.97. The number of likely N-dealkylation sites (tertiary alicyclic amines) is 1. The number of nitrogens with one attached hydrogen (secondary N) is 2. The summed E-state index contributed by atoms with van der Waals surface area (Å²) in [6.45, 7) is -0.813. The van der Waals surface area contributed by atoms with Crippen LogP contribution in [0.1, 0.15) is 30.9 Å². The average Bonchev–Trinajstić information content (AvgIpc) is 3.07. The van der Waals surface area contributed by atoms with E-state index in [-0.39, 0.29) is 17.9 Å². The van der Waals surface area contributed by atoms with Crippen molar-refractivity contribution in [2.75, 3.05) is 13.1 Å². The molecular formula is C17H20ClF3N4O. The van der Waals surface area contributed by atoms with Crippen molar-refractivity contribution in [1.82, 2.24) is 20.7 Å². The van der Waals surface area contributed by atoms with Crippen molar-refractivity contribution in [2.24, 2.45) is 11.8 Å². The van der Waals surface area contributed by atoms with Crippen molar-refractivity contribution in [1.29, 1.82) is 0 Å². The number of nitrogens with zero attached hydrogens (tertiary/aromatic N) is 2. The van der Waals surface area contributed by atoms with Crippen LogP contribution in [-0.4, -0.2) is 47.1 Å². The van der Waals surface area contributed by atoms with Crippen LogP contribution in [0.25, 0.3) is 0 Å². The average molecular weight is 389 g/mol. The number of piperidine rings is 1. The summed E-state index contributed by atoms with van der Waals surface area (Å²) in [5, 5.41) is 0.373. The number of amides is 1. The van der Waals surface area contributed by atoms with E-state index in [2.05, 4.69) is 15.8 Å². The van der Waals surface area contributed by atoms with Crippen LogP contribution in [0, 0.1) is 11.8 Å². The molecule has 0 radical (unpaired) electrons. The zero-order valence-electron chi connectivity index (χ0n) is 14.0.